The summed E-state index contributed by atoms with van der Waals surface area (Å²) in [6, 6.07) is 14.3. The molecule has 0 aromatic heterocycles. The van der Waals surface area contributed by atoms with Crippen molar-refractivity contribution in [2.75, 3.05) is 12.0 Å². The maximum atomic E-state index is 11.1. The molecule has 0 heterocycles. The quantitative estimate of drug-likeness (QED) is 0.407. The number of hydrogen-bond donors (Lipinski definition) is 2. The lowest BCUT2D eigenvalue weighted by Crippen LogP contribution is -2.02. The number of ether oxygens (including phenoxy) is 1. The molecule has 2 aromatic rings. The van der Waals surface area contributed by atoms with E-state index >= 15 is 0 Å². The molecule has 0 unspecified atom stereocenters. The zero-order chi connectivity index (χ0) is 17.2. The molecule has 0 saturated carbocycles. The molecule has 0 aliphatic carbocycles. The van der Waals surface area contributed by atoms with Crippen LogP contribution in [0, 0.1) is 0 Å². The van der Waals surface area contributed by atoms with Crippen LogP contribution >= 0.6 is 0 Å². The van der Waals surface area contributed by atoms with Crippen molar-refractivity contribution in [3.63, 3.8) is 0 Å². The van der Waals surface area contributed by atoms with E-state index in [-0.39, 0.29) is 5.56 Å². The highest BCUT2D eigenvalue weighted by Crippen LogP contribution is 2.15. The lowest BCUT2D eigenvalue weighted by molar-refractivity contribution is 0.0698. The van der Waals surface area contributed by atoms with Crippen LogP contribution in [0.4, 0.5) is 5.69 Å². The summed E-state index contributed by atoms with van der Waals surface area (Å²) in [5.74, 6) is -0.148. The number of anilines is 1. The molecule has 5 nitrogen and oxygen atoms in total. The zero-order valence-corrected chi connectivity index (χ0v) is 13.7. The van der Waals surface area contributed by atoms with Gasteiger partial charge in [-0.25, -0.2) is 4.79 Å². The first-order chi connectivity index (χ1) is 11.7. The number of unbranched alkanes of at least 4 members (excludes halogenated alkanes) is 2. The van der Waals surface area contributed by atoms with Gasteiger partial charge in [0, 0.05) is 0 Å². The van der Waals surface area contributed by atoms with Crippen molar-refractivity contribution in [1.82, 2.24) is 0 Å². The first kappa shape index (κ1) is 17.5. The Morgan fingerprint density at radius 2 is 1.92 bits per heavy atom. The first-order valence-corrected chi connectivity index (χ1v) is 8.05. The summed E-state index contributed by atoms with van der Waals surface area (Å²) >= 11 is 0. The number of hydrogen-bond acceptors (Lipinski definition) is 4. The van der Waals surface area contributed by atoms with Crippen LogP contribution in [0.25, 0.3) is 0 Å². The molecule has 0 fully saturated rings. The van der Waals surface area contributed by atoms with Crippen LogP contribution < -0.4 is 10.2 Å². The van der Waals surface area contributed by atoms with Gasteiger partial charge in [0.1, 0.15) is 5.75 Å². The number of aromatic carboxylic acids is 1. The van der Waals surface area contributed by atoms with Crippen LogP contribution in [0.3, 0.4) is 0 Å². The summed E-state index contributed by atoms with van der Waals surface area (Å²) in [6.07, 6.45) is 5.05. The van der Waals surface area contributed by atoms with Crippen molar-refractivity contribution >= 4 is 17.9 Å². The molecule has 0 radical (unpaired) electrons. The zero-order valence-electron chi connectivity index (χ0n) is 13.7. The maximum absolute atomic E-state index is 11.1. The lowest BCUT2D eigenvalue weighted by atomic mass is 10.2. The number of nitrogens with zero attached hydrogens (tertiary/aromatic N) is 1. The smallest absolute Gasteiger partial charge is 0.337 e. The van der Waals surface area contributed by atoms with E-state index in [1.165, 1.54) is 18.9 Å². The second kappa shape index (κ2) is 9.35. The van der Waals surface area contributed by atoms with Crippen molar-refractivity contribution in [3.05, 3.63) is 59.7 Å². The largest absolute Gasteiger partial charge is 0.494 e. The fraction of sp³-hybridized carbons (Fsp3) is 0.263. The molecule has 2 rings (SSSR count). The van der Waals surface area contributed by atoms with Gasteiger partial charge in [-0.2, -0.15) is 5.10 Å². The van der Waals surface area contributed by atoms with E-state index in [4.69, 9.17) is 9.84 Å². The molecule has 2 aromatic carbocycles. The van der Waals surface area contributed by atoms with Gasteiger partial charge in [-0.1, -0.05) is 31.9 Å². The van der Waals surface area contributed by atoms with E-state index in [9.17, 15) is 4.79 Å². The first-order valence-electron chi connectivity index (χ1n) is 8.05. The summed E-state index contributed by atoms with van der Waals surface area (Å²) in [5.41, 5.74) is 4.30. The number of carboxylic acid groups (broad SMARTS) is 1. The Hall–Kier alpha value is -2.82. The van der Waals surface area contributed by atoms with Crippen LogP contribution in [0.5, 0.6) is 5.75 Å². The fourth-order valence-electron chi connectivity index (χ4n) is 2.14. The number of rotatable bonds is 9. The molecule has 0 spiro atoms. The van der Waals surface area contributed by atoms with Crippen LogP contribution in [-0.2, 0) is 0 Å². The standard InChI is InChI=1S/C19H22N2O3/c1-2-3-6-13-24-16-11-9-15(10-12-16)14-20-21-18-8-5-4-7-17(18)19(22)23/h4-5,7-12,14,21H,2-3,6,13H2,1H3,(H,22,23)/b20-14+. The third-order valence-electron chi connectivity index (χ3n) is 3.45. The van der Waals surface area contributed by atoms with Gasteiger partial charge in [0.05, 0.1) is 24.1 Å². The second-order valence-corrected chi connectivity index (χ2v) is 5.35. The third kappa shape index (κ3) is 5.43. The highest BCUT2D eigenvalue weighted by molar-refractivity contribution is 5.94. The summed E-state index contributed by atoms with van der Waals surface area (Å²) < 4.78 is 5.65. The Labute approximate surface area is 142 Å². The molecular weight excluding hydrogens is 304 g/mol. The number of carbonyl (C=O) groups is 1. The highest BCUT2D eigenvalue weighted by Gasteiger charge is 2.07. The molecule has 5 heteroatoms. The van der Waals surface area contributed by atoms with Crippen molar-refractivity contribution in [2.24, 2.45) is 5.10 Å². The topological polar surface area (TPSA) is 70.9 Å². The Morgan fingerprint density at radius 3 is 2.62 bits per heavy atom. The van der Waals surface area contributed by atoms with Gasteiger partial charge in [0.25, 0.3) is 0 Å². The van der Waals surface area contributed by atoms with E-state index < -0.39 is 5.97 Å². The van der Waals surface area contributed by atoms with Crippen molar-refractivity contribution < 1.29 is 14.6 Å². The molecule has 0 amide bonds. The minimum atomic E-state index is -0.988. The predicted octanol–water partition coefficient (Wildman–Crippen LogP) is 4.40. The van der Waals surface area contributed by atoms with Crippen molar-refractivity contribution in [2.45, 2.75) is 26.2 Å². The molecule has 0 atom stereocenters. The average Bonchev–Trinajstić information content (AvgIpc) is 2.60. The Morgan fingerprint density at radius 1 is 1.17 bits per heavy atom. The van der Waals surface area contributed by atoms with Gasteiger partial charge < -0.3 is 9.84 Å². The summed E-state index contributed by atoms with van der Waals surface area (Å²) in [7, 11) is 0. The Balaban J connectivity index is 1.89. The van der Waals surface area contributed by atoms with Crippen LogP contribution in [0.1, 0.15) is 42.1 Å². The van der Waals surface area contributed by atoms with Gasteiger partial charge in [-0.3, -0.25) is 5.43 Å². The minimum Gasteiger partial charge on any atom is -0.494 e. The molecule has 0 aliphatic heterocycles. The maximum Gasteiger partial charge on any atom is 0.337 e. The summed E-state index contributed by atoms with van der Waals surface area (Å²) in [6.45, 7) is 2.89. The number of hydrazone groups is 1. The second-order valence-electron chi connectivity index (χ2n) is 5.35. The van der Waals surface area contributed by atoms with E-state index in [0.717, 1.165) is 24.3 Å². The van der Waals surface area contributed by atoms with Crippen LogP contribution in [-0.4, -0.2) is 23.9 Å². The molecule has 0 bridgehead atoms. The van der Waals surface area contributed by atoms with Crippen molar-refractivity contribution in [3.8, 4) is 5.75 Å². The summed E-state index contributed by atoms with van der Waals surface area (Å²) in [5, 5.41) is 13.2. The number of carboxylic acids is 1. The Kier molecular flexibility index (Phi) is 6.83. The van der Waals surface area contributed by atoms with Crippen LogP contribution in [0.15, 0.2) is 53.6 Å². The molecule has 126 valence electrons. The molecule has 0 saturated heterocycles. The molecule has 0 aliphatic rings. The van der Waals surface area contributed by atoms with Crippen molar-refractivity contribution in [1.29, 1.82) is 0 Å². The lowest BCUT2D eigenvalue weighted by Gasteiger charge is -2.06. The fourth-order valence-corrected chi connectivity index (χ4v) is 2.14. The van der Waals surface area contributed by atoms with Gasteiger partial charge in [-0.05, 0) is 48.4 Å². The SMILES string of the molecule is CCCCCOc1ccc(/C=N/Nc2ccccc2C(=O)O)cc1. The van der Waals surface area contributed by atoms with Gasteiger partial charge in [0.2, 0.25) is 0 Å². The minimum absolute atomic E-state index is 0.186. The van der Waals surface area contributed by atoms with Gasteiger partial charge in [-0.15, -0.1) is 0 Å². The molecule has 2 N–H and O–H groups in total. The molecule has 24 heavy (non-hydrogen) atoms. The normalized spacial score (nSPS) is 10.7. The number of para-hydroxylation sites is 1. The number of benzene rings is 2. The van der Waals surface area contributed by atoms with E-state index in [1.54, 1.807) is 24.4 Å². The van der Waals surface area contributed by atoms with E-state index in [0.29, 0.717) is 5.69 Å². The Bertz CT molecular complexity index is 681. The summed E-state index contributed by atoms with van der Waals surface area (Å²) in [4.78, 5) is 11.1. The monoisotopic (exact) mass is 326 g/mol. The van der Waals surface area contributed by atoms with Gasteiger partial charge >= 0.3 is 5.97 Å². The molecular formula is C19H22N2O3. The van der Waals surface area contributed by atoms with Crippen LogP contribution in [0.2, 0.25) is 0 Å². The third-order valence-corrected chi connectivity index (χ3v) is 3.45. The number of nitrogens with one attached hydrogen (secondary N) is 1. The average molecular weight is 326 g/mol. The van der Waals surface area contributed by atoms with E-state index in [2.05, 4.69) is 17.5 Å². The predicted molar refractivity (Wildman–Crippen MR) is 96.1 cm³/mol. The van der Waals surface area contributed by atoms with Gasteiger partial charge in [0.15, 0.2) is 0 Å². The highest BCUT2D eigenvalue weighted by atomic mass is 16.5. The van der Waals surface area contributed by atoms with E-state index in [1.807, 2.05) is 24.3 Å².